The molecule has 7 nitrogen and oxygen atoms in total. The zero-order valence-corrected chi connectivity index (χ0v) is 8.42. The van der Waals surface area contributed by atoms with E-state index in [1.54, 1.807) is 18.3 Å². The lowest BCUT2D eigenvalue weighted by Crippen LogP contribution is -2.19. The first-order valence-corrected chi connectivity index (χ1v) is 4.74. The third-order valence-electron chi connectivity index (χ3n) is 2.01. The molecule has 0 aliphatic heterocycles. The third-order valence-corrected chi connectivity index (χ3v) is 2.01. The normalized spacial score (nSPS) is 10.3. The fourth-order valence-electron chi connectivity index (χ4n) is 1.31. The number of amides is 1. The van der Waals surface area contributed by atoms with Crippen molar-refractivity contribution in [3.8, 4) is 0 Å². The summed E-state index contributed by atoms with van der Waals surface area (Å²) in [7, 11) is 0. The molecule has 0 bridgehead atoms. The van der Waals surface area contributed by atoms with Gasteiger partial charge in [0.15, 0.2) is 0 Å². The first-order valence-electron chi connectivity index (χ1n) is 4.74. The molecule has 7 heteroatoms. The topological polar surface area (TPSA) is 95.8 Å². The van der Waals surface area contributed by atoms with E-state index in [1.165, 1.54) is 10.9 Å². The van der Waals surface area contributed by atoms with Crippen molar-refractivity contribution in [2.75, 3.05) is 11.9 Å². The van der Waals surface area contributed by atoms with Gasteiger partial charge in [0.25, 0.3) is 5.91 Å². The molecule has 0 saturated carbocycles. The Labute approximate surface area is 91.1 Å². The van der Waals surface area contributed by atoms with E-state index in [1.807, 2.05) is 0 Å². The second-order valence-electron chi connectivity index (χ2n) is 3.09. The van der Waals surface area contributed by atoms with Crippen molar-refractivity contribution < 1.29 is 9.90 Å². The molecule has 2 heterocycles. The molecule has 0 aliphatic carbocycles. The van der Waals surface area contributed by atoms with Gasteiger partial charge in [-0.2, -0.15) is 10.2 Å². The molecule has 0 aliphatic rings. The Hall–Kier alpha value is -2.15. The average Bonchev–Trinajstić information content (AvgIpc) is 2.89. The van der Waals surface area contributed by atoms with Crippen molar-refractivity contribution in [3.05, 3.63) is 30.2 Å². The van der Waals surface area contributed by atoms with Crippen LogP contribution in [0.3, 0.4) is 0 Å². The minimum atomic E-state index is -0.296. The molecule has 0 atom stereocenters. The van der Waals surface area contributed by atoms with Gasteiger partial charge in [-0.05, 0) is 6.07 Å². The van der Waals surface area contributed by atoms with Crippen LogP contribution in [0.1, 0.15) is 10.5 Å². The number of anilines is 1. The van der Waals surface area contributed by atoms with Gasteiger partial charge < -0.3 is 10.4 Å². The summed E-state index contributed by atoms with van der Waals surface area (Å²) in [5.74, 6) is 0.219. The van der Waals surface area contributed by atoms with Crippen molar-refractivity contribution in [1.82, 2.24) is 20.0 Å². The molecule has 2 aromatic heterocycles. The van der Waals surface area contributed by atoms with Gasteiger partial charge in [0.1, 0.15) is 11.5 Å². The number of hydrogen-bond acceptors (Lipinski definition) is 4. The summed E-state index contributed by atoms with van der Waals surface area (Å²) in [6.45, 7) is 0.227. The zero-order chi connectivity index (χ0) is 11.4. The van der Waals surface area contributed by atoms with E-state index in [0.717, 1.165) is 0 Å². The second-order valence-corrected chi connectivity index (χ2v) is 3.09. The van der Waals surface area contributed by atoms with Gasteiger partial charge in [-0.3, -0.25) is 14.6 Å². The van der Waals surface area contributed by atoms with Crippen LogP contribution in [0.5, 0.6) is 0 Å². The highest BCUT2D eigenvalue weighted by Gasteiger charge is 2.12. The lowest BCUT2D eigenvalue weighted by molar-refractivity contribution is 0.101. The fourth-order valence-corrected chi connectivity index (χ4v) is 1.31. The first kappa shape index (κ1) is 10.4. The number of aliphatic hydroxyl groups excluding tert-OH is 1. The molecule has 0 spiro atoms. The van der Waals surface area contributed by atoms with Gasteiger partial charge in [-0.15, -0.1) is 0 Å². The largest absolute Gasteiger partial charge is 0.394 e. The highest BCUT2D eigenvalue weighted by molar-refractivity contribution is 6.02. The molecule has 0 saturated heterocycles. The number of carbonyl (C=O) groups is 1. The Bertz CT molecular complexity index is 462. The Morgan fingerprint density at radius 3 is 3.06 bits per heavy atom. The van der Waals surface area contributed by atoms with Gasteiger partial charge in [0, 0.05) is 12.3 Å². The van der Waals surface area contributed by atoms with Crippen LogP contribution in [-0.4, -0.2) is 37.6 Å². The SMILES string of the molecule is O=C(Nc1ccn[nH]1)c1ccnn1CCO. The van der Waals surface area contributed by atoms with E-state index in [-0.39, 0.29) is 12.5 Å². The van der Waals surface area contributed by atoms with Gasteiger partial charge in [-0.1, -0.05) is 0 Å². The number of nitrogens with one attached hydrogen (secondary N) is 2. The predicted octanol–water partition coefficient (Wildman–Crippen LogP) is -0.149. The summed E-state index contributed by atoms with van der Waals surface area (Å²) in [5, 5.41) is 21.7. The highest BCUT2D eigenvalue weighted by Crippen LogP contribution is 2.04. The fraction of sp³-hybridized carbons (Fsp3) is 0.222. The molecule has 16 heavy (non-hydrogen) atoms. The average molecular weight is 221 g/mol. The van der Waals surface area contributed by atoms with Crippen LogP contribution in [0, 0.1) is 0 Å². The molecule has 1 amide bonds. The minimum absolute atomic E-state index is 0.0635. The van der Waals surface area contributed by atoms with E-state index in [9.17, 15) is 4.79 Å². The summed E-state index contributed by atoms with van der Waals surface area (Å²) >= 11 is 0. The molecule has 0 fully saturated rings. The zero-order valence-electron chi connectivity index (χ0n) is 8.42. The number of hydrogen-bond donors (Lipinski definition) is 3. The molecular formula is C9H11N5O2. The molecular weight excluding hydrogens is 210 g/mol. The van der Waals surface area contributed by atoms with E-state index >= 15 is 0 Å². The van der Waals surface area contributed by atoms with Crippen molar-refractivity contribution >= 4 is 11.7 Å². The molecule has 2 aromatic rings. The summed E-state index contributed by atoms with van der Waals surface area (Å²) in [6, 6.07) is 3.23. The van der Waals surface area contributed by atoms with Crippen LogP contribution < -0.4 is 5.32 Å². The molecule has 0 aromatic carbocycles. The smallest absolute Gasteiger partial charge is 0.275 e. The Balaban J connectivity index is 2.11. The Morgan fingerprint density at radius 1 is 1.50 bits per heavy atom. The number of aliphatic hydroxyl groups is 1. The maximum atomic E-state index is 11.8. The van der Waals surface area contributed by atoms with Crippen molar-refractivity contribution in [1.29, 1.82) is 0 Å². The van der Waals surface area contributed by atoms with E-state index in [0.29, 0.717) is 18.1 Å². The number of aromatic nitrogens is 4. The lowest BCUT2D eigenvalue weighted by Gasteiger charge is -2.05. The van der Waals surface area contributed by atoms with Crippen LogP contribution in [0.2, 0.25) is 0 Å². The number of aromatic amines is 1. The van der Waals surface area contributed by atoms with E-state index < -0.39 is 0 Å². The maximum absolute atomic E-state index is 11.8. The van der Waals surface area contributed by atoms with Crippen molar-refractivity contribution in [2.24, 2.45) is 0 Å². The second kappa shape index (κ2) is 4.58. The van der Waals surface area contributed by atoms with Crippen LogP contribution >= 0.6 is 0 Å². The van der Waals surface area contributed by atoms with E-state index in [2.05, 4.69) is 20.6 Å². The monoisotopic (exact) mass is 221 g/mol. The summed E-state index contributed by atoms with van der Waals surface area (Å²) in [4.78, 5) is 11.8. The molecule has 3 N–H and O–H groups in total. The molecule has 2 rings (SSSR count). The number of nitrogens with zero attached hydrogens (tertiary/aromatic N) is 3. The number of rotatable bonds is 4. The summed E-state index contributed by atoms with van der Waals surface area (Å²) in [5.41, 5.74) is 0.392. The van der Waals surface area contributed by atoms with Crippen LogP contribution in [0.15, 0.2) is 24.5 Å². The number of H-pyrrole nitrogens is 1. The van der Waals surface area contributed by atoms with Crippen molar-refractivity contribution in [2.45, 2.75) is 6.54 Å². The number of carbonyl (C=O) groups excluding carboxylic acids is 1. The van der Waals surface area contributed by atoms with Gasteiger partial charge in [0.2, 0.25) is 0 Å². The minimum Gasteiger partial charge on any atom is -0.394 e. The first-order chi connectivity index (χ1) is 7.81. The highest BCUT2D eigenvalue weighted by atomic mass is 16.3. The summed E-state index contributed by atoms with van der Waals surface area (Å²) in [6.07, 6.45) is 3.05. The van der Waals surface area contributed by atoms with Crippen molar-refractivity contribution in [3.63, 3.8) is 0 Å². The predicted molar refractivity (Wildman–Crippen MR) is 55.9 cm³/mol. The van der Waals surface area contributed by atoms with Gasteiger partial charge in [-0.25, -0.2) is 0 Å². The molecule has 0 radical (unpaired) electrons. The Kier molecular flexibility index (Phi) is 2.97. The summed E-state index contributed by atoms with van der Waals surface area (Å²) < 4.78 is 1.44. The quantitative estimate of drug-likeness (QED) is 0.669. The van der Waals surface area contributed by atoms with Gasteiger partial charge in [0.05, 0.1) is 19.3 Å². The third kappa shape index (κ3) is 2.09. The van der Waals surface area contributed by atoms with Crippen LogP contribution in [0.25, 0.3) is 0 Å². The maximum Gasteiger partial charge on any atom is 0.275 e. The molecule has 0 unspecified atom stereocenters. The lowest BCUT2D eigenvalue weighted by atomic mass is 10.4. The van der Waals surface area contributed by atoms with Crippen LogP contribution in [0.4, 0.5) is 5.82 Å². The molecule has 84 valence electrons. The van der Waals surface area contributed by atoms with Gasteiger partial charge >= 0.3 is 0 Å². The van der Waals surface area contributed by atoms with E-state index in [4.69, 9.17) is 5.11 Å². The standard InChI is InChI=1S/C9H11N5O2/c15-6-5-14-7(1-4-11-14)9(16)12-8-2-3-10-13-8/h1-4,15H,5-6H2,(H2,10,12,13,16). The Morgan fingerprint density at radius 2 is 2.38 bits per heavy atom. The van der Waals surface area contributed by atoms with Crippen LogP contribution in [-0.2, 0) is 6.54 Å².